The lowest BCUT2D eigenvalue weighted by Gasteiger charge is -2.12. The second kappa shape index (κ2) is 9.58. The van der Waals surface area contributed by atoms with Crippen molar-refractivity contribution in [3.8, 4) is 16.9 Å². The summed E-state index contributed by atoms with van der Waals surface area (Å²) in [5.41, 5.74) is 3.34. The second-order valence-electron chi connectivity index (χ2n) is 7.29. The summed E-state index contributed by atoms with van der Waals surface area (Å²) in [7, 11) is 1.62. The normalized spacial score (nSPS) is 14.4. The van der Waals surface area contributed by atoms with Gasteiger partial charge < -0.3 is 15.4 Å². The smallest absolute Gasteiger partial charge is 0.329 e. The first-order valence-corrected chi connectivity index (χ1v) is 10.5. The number of hydrogen-bond acceptors (Lipinski definition) is 4. The van der Waals surface area contributed by atoms with Crippen LogP contribution in [0.1, 0.15) is 5.56 Å². The molecule has 0 unspecified atom stereocenters. The number of methoxy groups -OCH3 is 1. The molecule has 1 fully saturated rings. The number of benzene rings is 3. The maximum absolute atomic E-state index is 12.7. The molecule has 3 aromatic carbocycles. The Morgan fingerprint density at radius 2 is 1.76 bits per heavy atom. The Balaban J connectivity index is 1.43. The van der Waals surface area contributed by atoms with Crippen LogP contribution in [0.25, 0.3) is 17.2 Å². The van der Waals surface area contributed by atoms with Crippen molar-refractivity contribution in [2.75, 3.05) is 19.0 Å². The minimum Gasteiger partial charge on any atom is -0.497 e. The van der Waals surface area contributed by atoms with Crippen molar-refractivity contribution < 1.29 is 19.1 Å². The van der Waals surface area contributed by atoms with Gasteiger partial charge >= 0.3 is 6.03 Å². The Labute approximate surface area is 195 Å². The Morgan fingerprint density at radius 1 is 1.03 bits per heavy atom. The van der Waals surface area contributed by atoms with Crippen LogP contribution in [0.5, 0.6) is 5.75 Å². The highest BCUT2D eigenvalue weighted by Crippen LogP contribution is 2.25. The average molecular weight is 462 g/mol. The van der Waals surface area contributed by atoms with E-state index < -0.39 is 24.4 Å². The number of imide groups is 1. The van der Waals surface area contributed by atoms with E-state index in [-0.39, 0.29) is 5.70 Å². The number of rotatable bonds is 6. The molecule has 0 saturated carbocycles. The van der Waals surface area contributed by atoms with Gasteiger partial charge in [-0.15, -0.1) is 0 Å². The second-order valence-corrected chi connectivity index (χ2v) is 7.72. The van der Waals surface area contributed by atoms with Gasteiger partial charge in [-0.05, 0) is 59.2 Å². The SMILES string of the molecule is COc1cccc(-c2ccc(C=C3NC(=O)N(CC(=O)Nc4ccc(Cl)cc4)C3=O)cc2)c1. The van der Waals surface area contributed by atoms with E-state index >= 15 is 0 Å². The van der Waals surface area contributed by atoms with Crippen molar-refractivity contribution in [1.82, 2.24) is 10.2 Å². The quantitative estimate of drug-likeness (QED) is 0.416. The van der Waals surface area contributed by atoms with Gasteiger partial charge in [0.2, 0.25) is 5.91 Å². The summed E-state index contributed by atoms with van der Waals surface area (Å²) in [6.07, 6.45) is 1.58. The Bertz CT molecular complexity index is 1240. The first-order valence-electron chi connectivity index (χ1n) is 10.1. The lowest BCUT2D eigenvalue weighted by molar-refractivity contribution is -0.127. The van der Waals surface area contributed by atoms with Gasteiger partial charge in [-0.25, -0.2) is 9.69 Å². The number of halogens is 1. The van der Waals surface area contributed by atoms with Gasteiger partial charge in [-0.3, -0.25) is 9.59 Å². The van der Waals surface area contributed by atoms with Gasteiger partial charge in [-0.1, -0.05) is 48.0 Å². The fourth-order valence-electron chi connectivity index (χ4n) is 3.33. The van der Waals surface area contributed by atoms with E-state index in [4.69, 9.17) is 16.3 Å². The van der Waals surface area contributed by atoms with Gasteiger partial charge in [0.25, 0.3) is 5.91 Å². The number of anilines is 1. The number of ether oxygens (including phenoxy) is 1. The third-order valence-electron chi connectivity index (χ3n) is 5.02. The molecule has 0 aromatic heterocycles. The number of urea groups is 1. The van der Waals surface area contributed by atoms with Crippen molar-refractivity contribution in [3.63, 3.8) is 0 Å². The molecule has 4 amide bonds. The van der Waals surface area contributed by atoms with Crippen molar-refractivity contribution in [2.45, 2.75) is 0 Å². The van der Waals surface area contributed by atoms with Gasteiger partial charge in [0, 0.05) is 10.7 Å². The number of hydrogen-bond donors (Lipinski definition) is 2. The van der Waals surface area contributed by atoms with Crippen LogP contribution in [0.3, 0.4) is 0 Å². The van der Waals surface area contributed by atoms with Gasteiger partial charge in [0.1, 0.15) is 18.0 Å². The van der Waals surface area contributed by atoms with Crippen LogP contribution in [0.2, 0.25) is 5.02 Å². The van der Waals surface area contributed by atoms with Crippen molar-refractivity contribution in [1.29, 1.82) is 0 Å². The first kappa shape index (κ1) is 22.1. The van der Waals surface area contributed by atoms with Gasteiger partial charge in [0.15, 0.2) is 0 Å². The zero-order valence-electron chi connectivity index (χ0n) is 17.7. The third kappa shape index (κ3) is 5.22. The molecule has 0 atom stereocenters. The molecular weight excluding hydrogens is 442 g/mol. The van der Waals surface area contributed by atoms with Crippen LogP contribution >= 0.6 is 11.6 Å². The zero-order valence-corrected chi connectivity index (χ0v) is 18.4. The van der Waals surface area contributed by atoms with E-state index in [9.17, 15) is 14.4 Å². The predicted octanol–water partition coefficient (Wildman–Crippen LogP) is 4.55. The van der Waals surface area contributed by atoms with E-state index in [1.807, 2.05) is 48.5 Å². The number of nitrogens with one attached hydrogen (secondary N) is 2. The van der Waals surface area contributed by atoms with E-state index in [2.05, 4.69) is 10.6 Å². The molecule has 4 rings (SSSR count). The lowest BCUT2D eigenvalue weighted by Crippen LogP contribution is -2.38. The van der Waals surface area contributed by atoms with Crippen LogP contribution in [-0.4, -0.2) is 36.4 Å². The highest BCUT2D eigenvalue weighted by molar-refractivity contribution is 6.30. The van der Waals surface area contributed by atoms with Crippen LogP contribution in [0.15, 0.2) is 78.5 Å². The monoisotopic (exact) mass is 461 g/mol. The molecule has 2 N–H and O–H groups in total. The van der Waals surface area contributed by atoms with Crippen molar-refractivity contribution in [3.05, 3.63) is 89.1 Å². The summed E-state index contributed by atoms with van der Waals surface area (Å²) in [5.74, 6) is -0.300. The molecule has 166 valence electrons. The molecule has 8 heteroatoms. The molecule has 3 aromatic rings. The fourth-order valence-corrected chi connectivity index (χ4v) is 3.46. The van der Waals surface area contributed by atoms with Gasteiger partial charge in [-0.2, -0.15) is 0 Å². The molecule has 1 heterocycles. The fraction of sp³-hybridized carbons (Fsp3) is 0.0800. The largest absolute Gasteiger partial charge is 0.497 e. The van der Waals surface area contributed by atoms with E-state index in [1.54, 1.807) is 37.5 Å². The molecule has 0 radical (unpaired) electrons. The lowest BCUT2D eigenvalue weighted by atomic mass is 10.0. The number of amides is 4. The number of nitrogens with zero attached hydrogens (tertiary/aromatic N) is 1. The minimum absolute atomic E-state index is 0.105. The minimum atomic E-state index is -0.648. The number of carbonyl (C=O) groups excluding carboxylic acids is 3. The maximum Gasteiger partial charge on any atom is 0.329 e. The Morgan fingerprint density at radius 3 is 2.45 bits per heavy atom. The summed E-state index contributed by atoms with van der Waals surface area (Å²) < 4.78 is 5.26. The highest BCUT2D eigenvalue weighted by Gasteiger charge is 2.34. The number of carbonyl (C=O) groups is 3. The molecule has 0 bridgehead atoms. The summed E-state index contributed by atoms with van der Waals surface area (Å²) in [4.78, 5) is 38.1. The molecule has 33 heavy (non-hydrogen) atoms. The molecule has 1 aliphatic heterocycles. The van der Waals surface area contributed by atoms with Crippen molar-refractivity contribution in [2.24, 2.45) is 0 Å². The molecule has 1 saturated heterocycles. The molecule has 0 spiro atoms. The Hall–Kier alpha value is -4.10. The van der Waals surface area contributed by atoms with Crippen LogP contribution < -0.4 is 15.4 Å². The third-order valence-corrected chi connectivity index (χ3v) is 5.27. The molecular formula is C25H20ClN3O4. The van der Waals surface area contributed by atoms with Gasteiger partial charge in [0.05, 0.1) is 7.11 Å². The Kier molecular flexibility index (Phi) is 6.42. The molecule has 0 aliphatic carbocycles. The standard InChI is InChI=1S/C25H20ClN3O4/c1-33-21-4-2-3-18(14-21)17-7-5-16(6-8-17)13-22-24(31)29(25(32)28-22)15-23(30)27-20-11-9-19(26)10-12-20/h2-14H,15H2,1H3,(H,27,30)(H,28,32). The topological polar surface area (TPSA) is 87.7 Å². The maximum atomic E-state index is 12.7. The summed E-state index contributed by atoms with van der Waals surface area (Å²) in [6, 6.07) is 21.1. The van der Waals surface area contributed by atoms with E-state index in [1.165, 1.54) is 0 Å². The highest BCUT2D eigenvalue weighted by atomic mass is 35.5. The summed E-state index contributed by atoms with van der Waals surface area (Å²) in [5, 5.41) is 5.69. The van der Waals surface area contributed by atoms with Crippen LogP contribution in [0.4, 0.5) is 10.5 Å². The first-order chi connectivity index (χ1) is 15.9. The average Bonchev–Trinajstić information content (AvgIpc) is 3.08. The zero-order chi connectivity index (χ0) is 23.4. The molecule has 1 aliphatic rings. The molecule has 7 nitrogen and oxygen atoms in total. The summed E-state index contributed by atoms with van der Waals surface area (Å²) in [6.45, 7) is -0.403. The van der Waals surface area contributed by atoms with E-state index in [0.717, 1.165) is 27.3 Å². The van der Waals surface area contributed by atoms with Crippen LogP contribution in [0, 0.1) is 0 Å². The van der Waals surface area contributed by atoms with Crippen LogP contribution in [-0.2, 0) is 9.59 Å². The predicted molar refractivity (Wildman–Crippen MR) is 127 cm³/mol. The van der Waals surface area contributed by atoms with Crippen molar-refractivity contribution >= 4 is 41.2 Å². The van der Waals surface area contributed by atoms with E-state index in [0.29, 0.717) is 10.7 Å². The summed E-state index contributed by atoms with van der Waals surface area (Å²) >= 11 is 5.83.